The van der Waals surface area contributed by atoms with Crippen molar-refractivity contribution in [1.29, 1.82) is 0 Å². The average molecular weight is 471 g/mol. The number of hydrogen-bond acceptors (Lipinski definition) is 5. The molecular formula is C24H16F3NO4S. The van der Waals surface area contributed by atoms with Crippen LogP contribution in [0.3, 0.4) is 0 Å². The van der Waals surface area contributed by atoms with E-state index in [1.807, 2.05) is 0 Å². The lowest BCUT2D eigenvalue weighted by Gasteiger charge is -2.13. The molecule has 0 aliphatic rings. The highest BCUT2D eigenvalue weighted by Gasteiger charge is 2.33. The van der Waals surface area contributed by atoms with Crippen LogP contribution < -0.4 is 4.74 Å². The summed E-state index contributed by atoms with van der Waals surface area (Å²) in [4.78, 5) is 16.5. The number of sulfone groups is 1. The Balaban J connectivity index is 1.70. The Morgan fingerprint density at radius 2 is 1.67 bits per heavy atom. The van der Waals surface area contributed by atoms with Gasteiger partial charge in [-0.05, 0) is 53.6 Å². The van der Waals surface area contributed by atoms with E-state index in [0.29, 0.717) is 16.5 Å². The number of nitrogens with zero attached hydrogens (tertiary/aromatic N) is 1. The molecule has 0 aliphatic heterocycles. The first-order valence-corrected chi connectivity index (χ1v) is 11.5. The fraction of sp³-hybridized carbons (Fsp3) is 0.0833. The van der Waals surface area contributed by atoms with E-state index in [0.717, 1.165) is 12.3 Å². The van der Waals surface area contributed by atoms with Gasteiger partial charge in [0.15, 0.2) is 9.84 Å². The van der Waals surface area contributed by atoms with Crippen molar-refractivity contribution in [2.24, 2.45) is 0 Å². The third-order valence-corrected chi connectivity index (χ3v) is 6.04. The van der Waals surface area contributed by atoms with Gasteiger partial charge in [-0.1, -0.05) is 30.3 Å². The van der Waals surface area contributed by atoms with Crippen molar-refractivity contribution in [3.05, 3.63) is 90.1 Å². The van der Waals surface area contributed by atoms with Crippen LogP contribution >= 0.6 is 0 Å². The smallest absolute Gasteiger partial charge is 0.418 e. The molecule has 0 unspecified atom stereocenters. The molecule has 1 heterocycles. The Hall–Kier alpha value is -3.72. The number of alkyl halides is 3. The molecule has 9 heteroatoms. The number of ether oxygens (including phenoxy) is 1. The van der Waals surface area contributed by atoms with Gasteiger partial charge in [0.25, 0.3) is 0 Å². The number of hydrogen-bond donors (Lipinski definition) is 0. The van der Waals surface area contributed by atoms with Crippen LogP contribution in [-0.2, 0) is 16.0 Å². The Kier molecular flexibility index (Phi) is 5.67. The van der Waals surface area contributed by atoms with Gasteiger partial charge < -0.3 is 4.74 Å². The van der Waals surface area contributed by atoms with Crippen LogP contribution in [0, 0.1) is 0 Å². The number of halogens is 3. The van der Waals surface area contributed by atoms with Gasteiger partial charge in [-0.25, -0.2) is 13.2 Å². The number of carbonyl (C=O) groups is 1. The Morgan fingerprint density at radius 3 is 2.39 bits per heavy atom. The molecular weight excluding hydrogens is 455 g/mol. The second-order valence-electron chi connectivity index (χ2n) is 7.28. The molecule has 0 saturated carbocycles. The minimum Gasteiger partial charge on any atom is -0.423 e. The first kappa shape index (κ1) is 22.5. The van der Waals surface area contributed by atoms with E-state index in [9.17, 15) is 26.4 Å². The van der Waals surface area contributed by atoms with Crippen molar-refractivity contribution in [2.45, 2.75) is 11.1 Å². The summed E-state index contributed by atoms with van der Waals surface area (Å²) in [7, 11) is -3.50. The van der Waals surface area contributed by atoms with Crippen LogP contribution in [0.2, 0.25) is 0 Å². The molecule has 3 aromatic carbocycles. The second-order valence-corrected chi connectivity index (χ2v) is 9.29. The Bertz CT molecular complexity index is 1480. The quantitative estimate of drug-likeness (QED) is 0.289. The van der Waals surface area contributed by atoms with Gasteiger partial charge in [0, 0.05) is 17.8 Å². The molecule has 4 aromatic rings. The minimum atomic E-state index is -4.55. The number of esters is 1. The molecule has 0 spiro atoms. The summed E-state index contributed by atoms with van der Waals surface area (Å²) in [6.45, 7) is 0. The highest BCUT2D eigenvalue weighted by atomic mass is 32.2. The van der Waals surface area contributed by atoms with Crippen molar-refractivity contribution in [3.8, 4) is 16.9 Å². The number of para-hydroxylation sites is 1. The van der Waals surface area contributed by atoms with Gasteiger partial charge in [0.2, 0.25) is 0 Å². The SMILES string of the molecule is CS(=O)(=O)c1cccc(C(=O)Oc2cccc(-c3ccnc4c(C(F)(F)F)cccc34)c2)c1. The fourth-order valence-electron chi connectivity index (χ4n) is 3.40. The summed E-state index contributed by atoms with van der Waals surface area (Å²) in [6, 6.07) is 17.2. The number of benzene rings is 3. The van der Waals surface area contributed by atoms with Crippen molar-refractivity contribution in [3.63, 3.8) is 0 Å². The van der Waals surface area contributed by atoms with E-state index >= 15 is 0 Å². The number of aromatic nitrogens is 1. The summed E-state index contributed by atoms with van der Waals surface area (Å²) in [5.74, 6) is -0.615. The number of rotatable bonds is 4. The molecule has 4 rings (SSSR count). The van der Waals surface area contributed by atoms with Crippen molar-refractivity contribution in [2.75, 3.05) is 6.26 Å². The second kappa shape index (κ2) is 8.32. The lowest BCUT2D eigenvalue weighted by atomic mass is 9.99. The monoisotopic (exact) mass is 471 g/mol. The lowest BCUT2D eigenvalue weighted by molar-refractivity contribution is -0.136. The molecule has 168 valence electrons. The molecule has 0 bridgehead atoms. The van der Waals surface area contributed by atoms with Crippen LogP contribution in [0.15, 0.2) is 83.9 Å². The van der Waals surface area contributed by atoms with Crippen molar-refractivity contribution < 1.29 is 31.1 Å². The number of carbonyl (C=O) groups excluding carboxylic acids is 1. The van der Waals surface area contributed by atoms with Gasteiger partial charge in [0.05, 0.1) is 21.5 Å². The van der Waals surface area contributed by atoms with E-state index in [4.69, 9.17) is 4.74 Å². The molecule has 5 nitrogen and oxygen atoms in total. The van der Waals surface area contributed by atoms with Gasteiger partial charge in [-0.2, -0.15) is 13.2 Å². The molecule has 33 heavy (non-hydrogen) atoms. The maximum atomic E-state index is 13.4. The van der Waals surface area contributed by atoms with Gasteiger partial charge >= 0.3 is 12.1 Å². The summed E-state index contributed by atoms with van der Waals surface area (Å²) < 4.78 is 69.0. The molecule has 0 amide bonds. The standard InChI is InChI=1S/C24H16F3NO4S/c1-33(30,31)18-8-3-6-16(14-18)23(29)32-17-7-2-5-15(13-17)19-11-12-28-22-20(19)9-4-10-21(22)24(25,26)27/h2-14H,1H3. The van der Waals surface area contributed by atoms with Crippen molar-refractivity contribution in [1.82, 2.24) is 4.98 Å². The predicted octanol–water partition coefficient (Wildman–Crippen LogP) is 5.54. The maximum absolute atomic E-state index is 13.4. The predicted molar refractivity (Wildman–Crippen MR) is 117 cm³/mol. The van der Waals surface area contributed by atoms with E-state index in [2.05, 4.69) is 4.98 Å². The maximum Gasteiger partial charge on any atom is 0.418 e. The van der Waals surface area contributed by atoms with Crippen LogP contribution in [0.25, 0.3) is 22.0 Å². The summed E-state index contributed by atoms with van der Waals surface area (Å²) in [5.41, 5.74) is 0.0465. The van der Waals surface area contributed by atoms with Crippen LogP contribution in [0.5, 0.6) is 5.75 Å². The fourth-order valence-corrected chi connectivity index (χ4v) is 4.07. The first-order chi connectivity index (χ1) is 15.5. The summed E-state index contributed by atoms with van der Waals surface area (Å²) in [5, 5.41) is 0.302. The summed E-state index contributed by atoms with van der Waals surface area (Å²) in [6.07, 6.45) is -2.23. The average Bonchev–Trinajstić information content (AvgIpc) is 2.77. The van der Waals surface area contributed by atoms with Crippen LogP contribution in [0.4, 0.5) is 13.2 Å². The minimum absolute atomic E-state index is 0.0191. The molecule has 0 saturated heterocycles. The van der Waals surface area contributed by atoms with Crippen molar-refractivity contribution >= 4 is 26.7 Å². The topological polar surface area (TPSA) is 73.3 Å². The number of fused-ring (bicyclic) bond motifs is 1. The highest BCUT2D eigenvalue weighted by Crippen LogP contribution is 2.37. The summed E-state index contributed by atoms with van der Waals surface area (Å²) >= 11 is 0. The molecule has 0 aliphatic carbocycles. The zero-order chi connectivity index (χ0) is 23.8. The zero-order valence-corrected chi connectivity index (χ0v) is 17.9. The largest absolute Gasteiger partial charge is 0.423 e. The van der Waals surface area contributed by atoms with E-state index in [1.165, 1.54) is 48.7 Å². The van der Waals surface area contributed by atoms with Crippen LogP contribution in [-0.4, -0.2) is 25.6 Å². The van der Waals surface area contributed by atoms with Gasteiger partial charge in [-0.15, -0.1) is 0 Å². The first-order valence-electron chi connectivity index (χ1n) is 9.62. The Labute approximate surface area is 187 Å². The molecule has 0 N–H and O–H groups in total. The van der Waals surface area contributed by atoms with E-state index in [-0.39, 0.29) is 21.7 Å². The Morgan fingerprint density at radius 1 is 0.939 bits per heavy atom. The third-order valence-electron chi connectivity index (χ3n) is 4.93. The molecule has 0 radical (unpaired) electrons. The third kappa shape index (κ3) is 4.73. The molecule has 1 aromatic heterocycles. The highest BCUT2D eigenvalue weighted by molar-refractivity contribution is 7.90. The van der Waals surface area contributed by atoms with Gasteiger partial charge in [0.1, 0.15) is 5.75 Å². The van der Waals surface area contributed by atoms with E-state index < -0.39 is 27.5 Å². The zero-order valence-electron chi connectivity index (χ0n) is 17.1. The lowest BCUT2D eigenvalue weighted by Crippen LogP contribution is -2.09. The van der Waals surface area contributed by atoms with Crippen LogP contribution in [0.1, 0.15) is 15.9 Å². The normalized spacial score (nSPS) is 12.0. The van der Waals surface area contributed by atoms with Gasteiger partial charge in [-0.3, -0.25) is 4.98 Å². The van der Waals surface area contributed by atoms with E-state index in [1.54, 1.807) is 24.3 Å². The number of pyridine rings is 1. The molecule has 0 fully saturated rings. The molecule has 0 atom stereocenters.